The first-order valence-corrected chi connectivity index (χ1v) is 4.94. The summed E-state index contributed by atoms with van der Waals surface area (Å²) in [6.45, 7) is 2.37. The van der Waals surface area contributed by atoms with Crippen LogP contribution in [0.3, 0.4) is 0 Å². The lowest BCUT2D eigenvalue weighted by Gasteiger charge is -2.08. The zero-order valence-electron chi connectivity index (χ0n) is 8.94. The Morgan fingerprint density at radius 2 is 2.31 bits per heavy atom. The second-order valence-electron chi connectivity index (χ2n) is 3.61. The first kappa shape index (κ1) is 12.4. The van der Waals surface area contributed by atoms with Gasteiger partial charge in [0.2, 0.25) is 0 Å². The van der Waals surface area contributed by atoms with Gasteiger partial charge in [0.05, 0.1) is 11.0 Å². The monoisotopic (exact) mass is 227 g/mol. The van der Waals surface area contributed by atoms with Crippen LogP contribution in [0.25, 0.3) is 0 Å². The summed E-state index contributed by atoms with van der Waals surface area (Å²) in [4.78, 5) is 10.0. The van der Waals surface area contributed by atoms with Crippen LogP contribution in [0.15, 0.2) is 18.2 Å². The van der Waals surface area contributed by atoms with Crippen molar-refractivity contribution in [2.24, 2.45) is 5.73 Å². The molecular formula is C10H14FN3O2. The van der Waals surface area contributed by atoms with E-state index in [2.05, 4.69) is 5.32 Å². The largest absolute Gasteiger partial charge is 0.379 e. The summed E-state index contributed by atoms with van der Waals surface area (Å²) in [5.74, 6) is -0.621. The van der Waals surface area contributed by atoms with Gasteiger partial charge in [-0.25, -0.2) is 4.39 Å². The molecule has 0 aliphatic rings. The van der Waals surface area contributed by atoms with Crippen LogP contribution < -0.4 is 11.1 Å². The molecule has 1 aromatic rings. The van der Waals surface area contributed by atoms with Crippen LogP contribution in [-0.2, 0) is 0 Å². The molecule has 0 spiro atoms. The summed E-state index contributed by atoms with van der Waals surface area (Å²) in [5, 5.41) is 13.5. The third-order valence-corrected chi connectivity index (χ3v) is 2.07. The summed E-state index contributed by atoms with van der Waals surface area (Å²) < 4.78 is 12.8. The standard InChI is InChI=1S/C10H14FN3O2/c1-7(12)4-5-13-9-3-2-8(11)6-10(9)14(15)16/h2-3,6-7,13H,4-5,12H2,1H3. The fraction of sp³-hybridized carbons (Fsp3) is 0.400. The third kappa shape index (κ3) is 3.47. The van der Waals surface area contributed by atoms with Crippen LogP contribution in [0, 0.1) is 15.9 Å². The first-order chi connectivity index (χ1) is 7.50. The van der Waals surface area contributed by atoms with E-state index < -0.39 is 10.7 Å². The number of nitrogens with one attached hydrogen (secondary N) is 1. The Balaban J connectivity index is 2.75. The molecule has 5 nitrogen and oxygen atoms in total. The predicted octanol–water partition coefficient (Wildman–Crippen LogP) is 1.88. The molecule has 1 rings (SSSR count). The van der Waals surface area contributed by atoms with Crippen molar-refractivity contribution in [2.45, 2.75) is 19.4 Å². The van der Waals surface area contributed by atoms with Gasteiger partial charge in [-0.3, -0.25) is 10.1 Å². The minimum atomic E-state index is -0.621. The molecule has 0 fully saturated rings. The van der Waals surface area contributed by atoms with Crippen molar-refractivity contribution in [2.75, 3.05) is 11.9 Å². The maximum Gasteiger partial charge on any atom is 0.295 e. The lowest BCUT2D eigenvalue weighted by molar-refractivity contribution is -0.384. The number of nitro benzene ring substituents is 1. The molecule has 0 heterocycles. The Hall–Kier alpha value is -1.69. The van der Waals surface area contributed by atoms with Gasteiger partial charge in [0.25, 0.3) is 5.69 Å². The molecule has 6 heteroatoms. The SMILES string of the molecule is CC(N)CCNc1ccc(F)cc1[N+](=O)[O-]. The summed E-state index contributed by atoms with van der Waals surface area (Å²) >= 11 is 0. The van der Waals surface area contributed by atoms with E-state index >= 15 is 0 Å². The van der Waals surface area contributed by atoms with Crippen LogP contribution in [-0.4, -0.2) is 17.5 Å². The second-order valence-corrected chi connectivity index (χ2v) is 3.61. The molecule has 0 bridgehead atoms. The van der Waals surface area contributed by atoms with Crippen LogP contribution >= 0.6 is 0 Å². The normalized spacial score (nSPS) is 12.2. The Kier molecular flexibility index (Phi) is 4.19. The highest BCUT2D eigenvalue weighted by Crippen LogP contribution is 2.24. The summed E-state index contributed by atoms with van der Waals surface area (Å²) in [5.41, 5.74) is 5.60. The Morgan fingerprint density at radius 3 is 2.88 bits per heavy atom. The summed E-state index contributed by atoms with van der Waals surface area (Å²) in [6.07, 6.45) is 0.689. The molecule has 1 unspecified atom stereocenters. The Labute approximate surface area is 92.6 Å². The number of rotatable bonds is 5. The molecule has 1 aromatic carbocycles. The zero-order valence-corrected chi connectivity index (χ0v) is 8.94. The molecule has 16 heavy (non-hydrogen) atoms. The average Bonchev–Trinajstić information content (AvgIpc) is 2.19. The van der Waals surface area contributed by atoms with Gasteiger partial charge in [-0.05, 0) is 25.5 Å². The van der Waals surface area contributed by atoms with Gasteiger partial charge in [-0.1, -0.05) is 0 Å². The van der Waals surface area contributed by atoms with E-state index in [-0.39, 0.29) is 11.7 Å². The predicted molar refractivity (Wildman–Crippen MR) is 59.8 cm³/mol. The molecule has 0 aliphatic heterocycles. The number of benzene rings is 1. The van der Waals surface area contributed by atoms with Gasteiger partial charge in [-0.2, -0.15) is 0 Å². The fourth-order valence-electron chi connectivity index (χ4n) is 1.24. The molecule has 0 amide bonds. The minimum absolute atomic E-state index is 0.0204. The van der Waals surface area contributed by atoms with E-state index in [9.17, 15) is 14.5 Å². The minimum Gasteiger partial charge on any atom is -0.379 e. The molecule has 0 aliphatic carbocycles. The van der Waals surface area contributed by atoms with E-state index in [0.29, 0.717) is 18.7 Å². The van der Waals surface area contributed by atoms with Crippen molar-refractivity contribution in [3.05, 3.63) is 34.1 Å². The van der Waals surface area contributed by atoms with Crippen molar-refractivity contribution in [1.29, 1.82) is 0 Å². The van der Waals surface area contributed by atoms with Crippen molar-refractivity contribution in [3.63, 3.8) is 0 Å². The highest BCUT2D eigenvalue weighted by molar-refractivity contribution is 5.61. The van der Waals surface area contributed by atoms with E-state index in [1.165, 1.54) is 12.1 Å². The first-order valence-electron chi connectivity index (χ1n) is 4.94. The van der Waals surface area contributed by atoms with Gasteiger partial charge in [-0.15, -0.1) is 0 Å². The van der Waals surface area contributed by atoms with Crippen molar-refractivity contribution in [1.82, 2.24) is 0 Å². The molecular weight excluding hydrogens is 213 g/mol. The quantitative estimate of drug-likeness (QED) is 0.594. The van der Waals surface area contributed by atoms with Crippen molar-refractivity contribution < 1.29 is 9.31 Å². The van der Waals surface area contributed by atoms with E-state index in [1.54, 1.807) is 0 Å². The van der Waals surface area contributed by atoms with Gasteiger partial charge < -0.3 is 11.1 Å². The molecule has 1 atom stereocenters. The van der Waals surface area contributed by atoms with Crippen LogP contribution in [0.2, 0.25) is 0 Å². The summed E-state index contributed by atoms with van der Waals surface area (Å²) in [7, 11) is 0. The van der Waals surface area contributed by atoms with Gasteiger partial charge in [0.15, 0.2) is 0 Å². The number of hydrogen-bond acceptors (Lipinski definition) is 4. The number of anilines is 1. The van der Waals surface area contributed by atoms with E-state index in [4.69, 9.17) is 5.73 Å². The smallest absolute Gasteiger partial charge is 0.295 e. The molecule has 0 aromatic heterocycles. The van der Waals surface area contributed by atoms with Crippen LogP contribution in [0.4, 0.5) is 15.8 Å². The summed E-state index contributed by atoms with van der Waals surface area (Å²) in [6, 6.07) is 3.45. The van der Waals surface area contributed by atoms with E-state index in [1.807, 2.05) is 6.92 Å². The molecule has 88 valence electrons. The number of halogens is 1. The van der Waals surface area contributed by atoms with Crippen molar-refractivity contribution in [3.8, 4) is 0 Å². The molecule has 0 saturated heterocycles. The van der Waals surface area contributed by atoms with Crippen molar-refractivity contribution >= 4 is 11.4 Å². The topological polar surface area (TPSA) is 81.2 Å². The Bertz CT molecular complexity index is 382. The third-order valence-electron chi connectivity index (χ3n) is 2.07. The Morgan fingerprint density at radius 1 is 1.62 bits per heavy atom. The number of hydrogen-bond donors (Lipinski definition) is 2. The molecule has 3 N–H and O–H groups in total. The number of nitrogens with zero attached hydrogens (tertiary/aromatic N) is 1. The molecule has 0 saturated carbocycles. The highest BCUT2D eigenvalue weighted by Gasteiger charge is 2.14. The highest BCUT2D eigenvalue weighted by atomic mass is 19.1. The van der Waals surface area contributed by atoms with Gasteiger partial charge in [0.1, 0.15) is 11.5 Å². The number of nitro groups is 1. The maximum absolute atomic E-state index is 12.8. The zero-order chi connectivity index (χ0) is 12.1. The van der Waals surface area contributed by atoms with Crippen LogP contribution in [0.1, 0.15) is 13.3 Å². The average molecular weight is 227 g/mol. The van der Waals surface area contributed by atoms with Gasteiger partial charge >= 0.3 is 0 Å². The lowest BCUT2D eigenvalue weighted by atomic mass is 10.2. The van der Waals surface area contributed by atoms with Crippen LogP contribution in [0.5, 0.6) is 0 Å². The van der Waals surface area contributed by atoms with Gasteiger partial charge in [0, 0.05) is 12.6 Å². The maximum atomic E-state index is 12.8. The second kappa shape index (κ2) is 5.41. The fourth-order valence-corrected chi connectivity index (χ4v) is 1.24. The molecule has 0 radical (unpaired) electrons. The lowest BCUT2D eigenvalue weighted by Crippen LogP contribution is -2.19. The van der Waals surface area contributed by atoms with E-state index in [0.717, 1.165) is 6.07 Å². The number of nitrogens with two attached hydrogens (primary N) is 1.